The predicted octanol–water partition coefficient (Wildman–Crippen LogP) is 2.84. The molecular weight excluding hydrogens is 152 g/mol. The smallest absolute Gasteiger partial charge is 0.303 e. The summed E-state index contributed by atoms with van der Waals surface area (Å²) in [5.41, 5.74) is 0. The number of hydrogen-bond donors (Lipinski definition) is 1. The Morgan fingerprint density at radius 1 is 1.42 bits per heavy atom. The Morgan fingerprint density at radius 2 is 2.08 bits per heavy atom. The minimum atomic E-state index is -0.692. The van der Waals surface area contributed by atoms with Crippen LogP contribution >= 0.6 is 0 Å². The molecule has 0 spiro atoms. The van der Waals surface area contributed by atoms with Gasteiger partial charge in [-0.05, 0) is 25.2 Å². The van der Waals surface area contributed by atoms with Gasteiger partial charge in [0.25, 0.3) is 0 Å². The van der Waals surface area contributed by atoms with Crippen molar-refractivity contribution in [3.8, 4) is 0 Å². The quantitative estimate of drug-likeness (QED) is 0.491. The van der Waals surface area contributed by atoms with Gasteiger partial charge < -0.3 is 5.11 Å². The first kappa shape index (κ1) is 11.2. The number of allylic oxidation sites excluding steroid dienone is 2. The van der Waals surface area contributed by atoms with Crippen LogP contribution in [0.1, 0.15) is 39.5 Å². The van der Waals surface area contributed by atoms with Gasteiger partial charge >= 0.3 is 5.97 Å². The van der Waals surface area contributed by atoms with Crippen LogP contribution in [0.25, 0.3) is 0 Å². The van der Waals surface area contributed by atoms with E-state index in [1.807, 2.05) is 0 Å². The van der Waals surface area contributed by atoms with Crippen LogP contribution in [0.4, 0.5) is 0 Å². The van der Waals surface area contributed by atoms with Crippen LogP contribution in [-0.2, 0) is 4.79 Å². The van der Waals surface area contributed by atoms with E-state index in [0.29, 0.717) is 12.3 Å². The van der Waals surface area contributed by atoms with Crippen LogP contribution in [0.3, 0.4) is 0 Å². The zero-order valence-corrected chi connectivity index (χ0v) is 7.92. The van der Waals surface area contributed by atoms with E-state index in [2.05, 4.69) is 26.0 Å². The third-order valence-electron chi connectivity index (χ3n) is 1.53. The molecule has 0 aromatic rings. The first-order valence-corrected chi connectivity index (χ1v) is 4.51. The monoisotopic (exact) mass is 170 g/mol. The molecule has 12 heavy (non-hydrogen) atoms. The van der Waals surface area contributed by atoms with Crippen LogP contribution in [-0.4, -0.2) is 11.1 Å². The van der Waals surface area contributed by atoms with Crippen molar-refractivity contribution in [3.05, 3.63) is 12.2 Å². The Bertz CT molecular complexity index is 148. The molecule has 0 saturated carbocycles. The molecule has 0 unspecified atom stereocenters. The lowest BCUT2D eigenvalue weighted by Crippen LogP contribution is -1.92. The maximum Gasteiger partial charge on any atom is 0.303 e. The second-order valence-corrected chi connectivity index (χ2v) is 3.31. The molecule has 0 bridgehead atoms. The first-order valence-electron chi connectivity index (χ1n) is 4.51. The second kappa shape index (κ2) is 6.89. The summed E-state index contributed by atoms with van der Waals surface area (Å²) in [7, 11) is 0. The predicted molar refractivity (Wildman–Crippen MR) is 50.1 cm³/mol. The highest BCUT2D eigenvalue weighted by Gasteiger charge is 1.94. The summed E-state index contributed by atoms with van der Waals surface area (Å²) < 4.78 is 0. The van der Waals surface area contributed by atoms with Gasteiger partial charge in [-0.1, -0.05) is 26.0 Å². The Kier molecular flexibility index (Phi) is 6.44. The molecule has 1 N–H and O–H groups in total. The molecule has 70 valence electrons. The summed E-state index contributed by atoms with van der Waals surface area (Å²) >= 11 is 0. The van der Waals surface area contributed by atoms with Gasteiger partial charge in [-0.25, -0.2) is 0 Å². The molecule has 0 radical (unpaired) electrons. The van der Waals surface area contributed by atoms with E-state index in [9.17, 15) is 4.79 Å². The summed E-state index contributed by atoms with van der Waals surface area (Å²) in [5, 5.41) is 8.34. The molecule has 0 fully saturated rings. The minimum absolute atomic E-state index is 0.301. The number of unbranched alkanes of at least 4 members (excludes halogenated alkanes) is 2. The molecule has 0 atom stereocenters. The Hall–Kier alpha value is -0.790. The number of carboxylic acid groups (broad SMARTS) is 1. The molecule has 0 aliphatic heterocycles. The van der Waals surface area contributed by atoms with Crippen LogP contribution < -0.4 is 0 Å². The third kappa shape index (κ3) is 9.21. The van der Waals surface area contributed by atoms with Crippen molar-refractivity contribution >= 4 is 5.97 Å². The van der Waals surface area contributed by atoms with Crippen LogP contribution in [0, 0.1) is 5.92 Å². The van der Waals surface area contributed by atoms with Crippen molar-refractivity contribution in [2.75, 3.05) is 0 Å². The molecular formula is C10H18O2. The largest absolute Gasteiger partial charge is 0.481 e. The lowest BCUT2D eigenvalue weighted by Gasteiger charge is -1.95. The zero-order valence-electron chi connectivity index (χ0n) is 7.92. The number of carboxylic acids is 1. The molecule has 2 heteroatoms. The van der Waals surface area contributed by atoms with Crippen molar-refractivity contribution in [2.45, 2.75) is 39.5 Å². The number of carbonyl (C=O) groups is 1. The van der Waals surface area contributed by atoms with Crippen molar-refractivity contribution < 1.29 is 9.90 Å². The molecule has 0 rings (SSSR count). The molecule has 0 aliphatic rings. The molecule has 0 aromatic heterocycles. The summed E-state index contributed by atoms with van der Waals surface area (Å²) in [6.45, 7) is 4.27. The Labute approximate surface area is 74.3 Å². The summed E-state index contributed by atoms with van der Waals surface area (Å²) in [6.07, 6.45) is 7.36. The van der Waals surface area contributed by atoms with Gasteiger partial charge in [0.2, 0.25) is 0 Å². The number of aliphatic carboxylic acids is 1. The molecule has 0 saturated heterocycles. The van der Waals surface area contributed by atoms with E-state index in [0.717, 1.165) is 19.3 Å². The van der Waals surface area contributed by atoms with Gasteiger partial charge in [-0.15, -0.1) is 0 Å². The molecule has 0 aromatic carbocycles. The van der Waals surface area contributed by atoms with Crippen LogP contribution in [0.15, 0.2) is 12.2 Å². The van der Waals surface area contributed by atoms with Crippen molar-refractivity contribution in [1.29, 1.82) is 0 Å². The molecule has 0 amide bonds. The fraction of sp³-hybridized carbons (Fsp3) is 0.700. The van der Waals surface area contributed by atoms with Gasteiger partial charge in [0.1, 0.15) is 0 Å². The highest BCUT2D eigenvalue weighted by molar-refractivity contribution is 5.66. The third-order valence-corrected chi connectivity index (χ3v) is 1.53. The van der Waals surface area contributed by atoms with Gasteiger partial charge in [0.05, 0.1) is 0 Å². The average Bonchev–Trinajstić information content (AvgIpc) is 1.95. The van der Waals surface area contributed by atoms with E-state index in [1.165, 1.54) is 0 Å². The van der Waals surface area contributed by atoms with E-state index >= 15 is 0 Å². The SMILES string of the molecule is CC(C)C=CCCCCC(=O)O. The highest BCUT2D eigenvalue weighted by Crippen LogP contribution is 2.02. The number of rotatable bonds is 6. The lowest BCUT2D eigenvalue weighted by molar-refractivity contribution is -0.137. The summed E-state index contributed by atoms with van der Waals surface area (Å²) in [5.74, 6) is -0.0905. The molecule has 2 nitrogen and oxygen atoms in total. The van der Waals surface area contributed by atoms with Crippen molar-refractivity contribution in [2.24, 2.45) is 5.92 Å². The maximum absolute atomic E-state index is 10.1. The normalized spacial score (nSPS) is 11.2. The maximum atomic E-state index is 10.1. The minimum Gasteiger partial charge on any atom is -0.481 e. The second-order valence-electron chi connectivity index (χ2n) is 3.31. The van der Waals surface area contributed by atoms with Crippen molar-refractivity contribution in [3.63, 3.8) is 0 Å². The zero-order chi connectivity index (χ0) is 9.40. The Balaban J connectivity index is 3.16. The van der Waals surface area contributed by atoms with Gasteiger partial charge in [0.15, 0.2) is 0 Å². The average molecular weight is 170 g/mol. The summed E-state index contributed by atoms with van der Waals surface area (Å²) in [6, 6.07) is 0. The first-order chi connectivity index (χ1) is 5.63. The van der Waals surface area contributed by atoms with Gasteiger partial charge in [-0.2, -0.15) is 0 Å². The number of hydrogen-bond acceptors (Lipinski definition) is 1. The van der Waals surface area contributed by atoms with E-state index in [1.54, 1.807) is 0 Å². The standard InChI is InChI=1S/C10H18O2/c1-9(2)7-5-3-4-6-8-10(11)12/h5,7,9H,3-4,6,8H2,1-2H3,(H,11,12). The Morgan fingerprint density at radius 3 is 2.58 bits per heavy atom. The van der Waals surface area contributed by atoms with E-state index in [-0.39, 0.29) is 0 Å². The molecule has 0 heterocycles. The topological polar surface area (TPSA) is 37.3 Å². The lowest BCUT2D eigenvalue weighted by atomic mass is 10.1. The fourth-order valence-corrected chi connectivity index (χ4v) is 0.907. The van der Waals surface area contributed by atoms with Gasteiger partial charge in [-0.3, -0.25) is 4.79 Å². The van der Waals surface area contributed by atoms with Crippen LogP contribution in [0.5, 0.6) is 0 Å². The fourth-order valence-electron chi connectivity index (χ4n) is 0.907. The highest BCUT2D eigenvalue weighted by atomic mass is 16.4. The van der Waals surface area contributed by atoms with E-state index in [4.69, 9.17) is 5.11 Å². The van der Waals surface area contributed by atoms with Gasteiger partial charge in [0, 0.05) is 6.42 Å². The summed E-state index contributed by atoms with van der Waals surface area (Å²) in [4.78, 5) is 10.1. The molecule has 0 aliphatic carbocycles. The van der Waals surface area contributed by atoms with Crippen molar-refractivity contribution in [1.82, 2.24) is 0 Å². The van der Waals surface area contributed by atoms with E-state index < -0.39 is 5.97 Å². The van der Waals surface area contributed by atoms with Crippen LogP contribution in [0.2, 0.25) is 0 Å².